The van der Waals surface area contributed by atoms with Crippen molar-refractivity contribution in [3.8, 4) is 0 Å². The van der Waals surface area contributed by atoms with Crippen LogP contribution in [0, 0.1) is 0 Å². The number of likely N-dealkylation sites (tertiary alicyclic amines) is 1. The zero-order valence-electron chi connectivity index (χ0n) is 16.1. The van der Waals surface area contributed by atoms with Crippen molar-refractivity contribution in [3.63, 3.8) is 0 Å². The van der Waals surface area contributed by atoms with E-state index >= 15 is 0 Å². The number of nitrogens with zero attached hydrogens (tertiary/aromatic N) is 3. The Morgan fingerprint density at radius 2 is 1.62 bits per heavy atom. The maximum Gasteiger partial charge on any atom is 2.00 e. The molecule has 2 aromatic rings. The zero-order chi connectivity index (χ0) is 19.8. The molecule has 0 unspecified atom stereocenters. The summed E-state index contributed by atoms with van der Waals surface area (Å²) in [6, 6.07) is 16.6. The molecule has 1 amide bonds. The van der Waals surface area contributed by atoms with Crippen LogP contribution in [0.2, 0.25) is 0 Å². The van der Waals surface area contributed by atoms with Gasteiger partial charge in [0.15, 0.2) is 0 Å². The van der Waals surface area contributed by atoms with Gasteiger partial charge in [0.05, 0.1) is 11.6 Å². The van der Waals surface area contributed by atoms with Gasteiger partial charge in [0.25, 0.3) is 0 Å². The zero-order valence-corrected chi connectivity index (χ0v) is 17.1. The predicted molar refractivity (Wildman–Crippen MR) is 109 cm³/mol. The summed E-state index contributed by atoms with van der Waals surface area (Å²) >= 11 is 0. The number of aliphatic imine (C=N–C) groups is 1. The van der Waals surface area contributed by atoms with Crippen LogP contribution in [0.1, 0.15) is 30.4 Å². The van der Waals surface area contributed by atoms with Crippen LogP contribution >= 0.6 is 0 Å². The first-order chi connectivity index (χ1) is 13.6. The number of hydrogen-bond acceptors (Lipinski definition) is 4. The van der Waals surface area contributed by atoms with Gasteiger partial charge in [-0.25, -0.2) is 0 Å². The molecular weight excluding hydrogens is 413 g/mol. The van der Waals surface area contributed by atoms with Gasteiger partial charge in [-0.2, -0.15) is 0 Å². The van der Waals surface area contributed by atoms with Gasteiger partial charge in [0, 0.05) is 12.1 Å². The summed E-state index contributed by atoms with van der Waals surface area (Å²) in [5.74, 6) is -1.20. The Bertz CT molecular complexity index is 849. The molecule has 1 heterocycles. The van der Waals surface area contributed by atoms with Crippen LogP contribution in [0.25, 0.3) is 5.32 Å². The fourth-order valence-electron chi connectivity index (χ4n) is 3.32. The third kappa shape index (κ3) is 6.80. The average Bonchev–Trinajstić information content (AvgIpc) is 2.70. The summed E-state index contributed by atoms with van der Waals surface area (Å²) in [7, 11) is 0. The Hall–Kier alpha value is -2.50. The largest absolute Gasteiger partial charge is 2.00 e. The van der Waals surface area contributed by atoms with E-state index in [1.54, 1.807) is 6.07 Å². The number of aliphatic carboxylic acids is 1. The topological polar surface area (TPSA) is 84.1 Å². The van der Waals surface area contributed by atoms with E-state index in [4.69, 9.17) is 5.11 Å². The molecule has 1 aliphatic rings. The molecule has 3 rings (SSSR count). The molecule has 154 valence electrons. The third-order valence-corrected chi connectivity index (χ3v) is 4.63. The van der Waals surface area contributed by atoms with Crippen molar-refractivity contribution < 1.29 is 31.2 Å². The second kappa shape index (κ2) is 11.5. The van der Waals surface area contributed by atoms with E-state index in [2.05, 4.69) is 15.2 Å². The van der Waals surface area contributed by atoms with E-state index in [1.165, 1.54) is 6.42 Å². The van der Waals surface area contributed by atoms with Crippen LogP contribution in [0.3, 0.4) is 0 Å². The number of piperidine rings is 1. The molecule has 1 aliphatic heterocycles. The van der Waals surface area contributed by atoms with Gasteiger partial charge >= 0.3 is 22.5 Å². The Morgan fingerprint density at radius 1 is 0.966 bits per heavy atom. The van der Waals surface area contributed by atoms with Gasteiger partial charge in [-0.05, 0) is 31.5 Å². The van der Waals surface area contributed by atoms with Crippen molar-refractivity contribution in [2.24, 2.45) is 4.99 Å². The minimum Gasteiger partial charge on any atom is -0.625 e. The molecule has 1 fully saturated rings. The normalized spacial score (nSPS) is 14.7. The molecule has 7 heteroatoms. The maximum atomic E-state index is 12.5. The number of benzene rings is 2. The third-order valence-electron chi connectivity index (χ3n) is 4.63. The number of carbonyl (C=O) groups excluding carboxylic acids is 1. The fourth-order valence-corrected chi connectivity index (χ4v) is 3.32. The Balaban J connectivity index is 0.00000300. The van der Waals surface area contributed by atoms with E-state index in [0.29, 0.717) is 23.5 Å². The molecule has 1 N–H and O–H groups in total. The monoisotopic (exact) mass is 436 g/mol. The van der Waals surface area contributed by atoms with E-state index in [9.17, 15) is 9.59 Å². The molecular formula is C22H24N3NiO3+. The molecule has 1 saturated heterocycles. The Kier molecular flexibility index (Phi) is 9.03. The number of para-hydroxylation sites is 1. The van der Waals surface area contributed by atoms with E-state index in [-0.39, 0.29) is 28.9 Å². The van der Waals surface area contributed by atoms with Gasteiger partial charge in [-0.3, -0.25) is 14.7 Å². The van der Waals surface area contributed by atoms with Gasteiger partial charge in [-0.15, -0.1) is 5.69 Å². The molecule has 0 aromatic heterocycles. The summed E-state index contributed by atoms with van der Waals surface area (Å²) in [6.07, 6.45) is 3.44. The van der Waals surface area contributed by atoms with Crippen molar-refractivity contribution >= 4 is 23.3 Å². The fraction of sp³-hybridized carbons (Fsp3) is 0.318. The quantitative estimate of drug-likeness (QED) is 0.530. The number of carboxylic acids is 1. The number of rotatable bonds is 7. The van der Waals surface area contributed by atoms with Gasteiger partial charge in [-0.1, -0.05) is 61.0 Å². The number of amides is 1. The first-order valence-electron chi connectivity index (χ1n) is 9.51. The van der Waals surface area contributed by atoms with E-state index < -0.39 is 5.97 Å². The van der Waals surface area contributed by atoms with Crippen LogP contribution in [0.5, 0.6) is 0 Å². The molecule has 0 aliphatic carbocycles. The standard InChI is InChI=1S/C22H25N3O3.Ni/c26-20(16-25-13-7-2-8-14-25)24-19-12-6-5-11-18(19)22(23-15-21(27)28)17-9-3-1-4-10-17;/h1,3-6,9-12H,2,7-8,13-16H2,(H2,23,24,26,27,28);/q;+2/p-1. The molecule has 6 nitrogen and oxygen atoms in total. The first-order valence-corrected chi connectivity index (χ1v) is 9.51. The SMILES string of the molecule is O=C(O)CN=C(c1ccccc1)c1ccccc1[N-]C(=O)CN1CCCCC1.[Ni+2]. The van der Waals surface area contributed by atoms with Gasteiger partial charge in [0.1, 0.15) is 6.54 Å². The second-order valence-corrected chi connectivity index (χ2v) is 6.78. The summed E-state index contributed by atoms with van der Waals surface area (Å²) < 4.78 is 0. The van der Waals surface area contributed by atoms with Crippen molar-refractivity contribution in [3.05, 3.63) is 71.0 Å². The maximum absolute atomic E-state index is 12.5. The Labute approximate surface area is 181 Å². The number of carbonyl (C=O) groups is 2. The van der Waals surface area contributed by atoms with Crippen LogP contribution < -0.4 is 0 Å². The summed E-state index contributed by atoms with van der Waals surface area (Å²) in [4.78, 5) is 30.0. The summed E-state index contributed by atoms with van der Waals surface area (Å²) in [5, 5.41) is 13.4. The van der Waals surface area contributed by atoms with Gasteiger partial charge in [0.2, 0.25) is 0 Å². The summed E-state index contributed by atoms with van der Waals surface area (Å²) in [6.45, 7) is 1.82. The van der Waals surface area contributed by atoms with Crippen LogP contribution in [-0.2, 0) is 26.1 Å². The predicted octanol–water partition coefficient (Wildman–Crippen LogP) is 3.62. The van der Waals surface area contributed by atoms with Crippen molar-refractivity contribution in [1.82, 2.24) is 4.90 Å². The minimum absolute atomic E-state index is 0. The number of carboxylic acid groups (broad SMARTS) is 1. The first kappa shape index (κ1) is 22.8. The molecule has 0 bridgehead atoms. The van der Waals surface area contributed by atoms with Gasteiger partial charge < -0.3 is 15.2 Å². The number of hydrogen-bond donors (Lipinski definition) is 1. The van der Waals surface area contributed by atoms with Crippen molar-refractivity contribution in [1.29, 1.82) is 0 Å². The smallest absolute Gasteiger partial charge is 0.625 e. The molecule has 2 aromatic carbocycles. The van der Waals surface area contributed by atoms with E-state index in [0.717, 1.165) is 31.5 Å². The van der Waals surface area contributed by atoms with Crippen LogP contribution in [0.4, 0.5) is 5.69 Å². The minimum atomic E-state index is -1.01. The molecule has 0 spiro atoms. The molecule has 0 atom stereocenters. The van der Waals surface area contributed by atoms with Crippen molar-refractivity contribution in [2.75, 3.05) is 26.2 Å². The molecule has 0 radical (unpaired) electrons. The second-order valence-electron chi connectivity index (χ2n) is 6.78. The Morgan fingerprint density at radius 3 is 2.31 bits per heavy atom. The van der Waals surface area contributed by atoms with Crippen molar-refractivity contribution in [2.45, 2.75) is 19.3 Å². The van der Waals surface area contributed by atoms with Crippen LogP contribution in [0.15, 0.2) is 59.6 Å². The van der Waals surface area contributed by atoms with E-state index in [1.807, 2.05) is 48.5 Å². The summed E-state index contributed by atoms with van der Waals surface area (Å²) in [5.41, 5.74) is 2.47. The van der Waals surface area contributed by atoms with Crippen LogP contribution in [-0.4, -0.2) is 53.8 Å². The molecule has 29 heavy (non-hydrogen) atoms. The molecule has 0 saturated carbocycles. The average molecular weight is 437 g/mol.